The molecular formula is C27H26INO2. The summed E-state index contributed by atoms with van der Waals surface area (Å²) in [7, 11) is 1.69. The Morgan fingerprint density at radius 2 is 1.68 bits per heavy atom. The molecule has 0 radical (unpaired) electrons. The maximum atomic E-state index is 6.25. The smallest absolute Gasteiger partial charge is 0.174 e. The van der Waals surface area contributed by atoms with Gasteiger partial charge in [0.2, 0.25) is 0 Å². The second kappa shape index (κ2) is 9.60. The SMILES string of the molecule is COc1cc(CNc2cccc(C)c2C)cc(I)c1OCc1cccc2ccccc12. The Kier molecular flexibility index (Phi) is 6.66. The third-order valence-electron chi connectivity index (χ3n) is 5.63. The van der Waals surface area contributed by atoms with Crippen molar-refractivity contribution in [1.82, 2.24) is 0 Å². The zero-order valence-corrected chi connectivity index (χ0v) is 20.2. The number of methoxy groups -OCH3 is 1. The minimum atomic E-state index is 0.494. The molecule has 158 valence electrons. The lowest BCUT2D eigenvalue weighted by Gasteiger charge is -2.16. The number of hydrogen-bond donors (Lipinski definition) is 1. The molecule has 0 unspecified atom stereocenters. The predicted molar refractivity (Wildman–Crippen MR) is 137 cm³/mol. The maximum Gasteiger partial charge on any atom is 0.174 e. The summed E-state index contributed by atoms with van der Waals surface area (Å²) in [6.45, 7) is 5.49. The van der Waals surface area contributed by atoms with Gasteiger partial charge in [0.25, 0.3) is 0 Å². The molecule has 4 aromatic rings. The summed E-state index contributed by atoms with van der Waals surface area (Å²) in [5.41, 5.74) is 6.04. The monoisotopic (exact) mass is 523 g/mol. The van der Waals surface area contributed by atoms with Crippen molar-refractivity contribution in [1.29, 1.82) is 0 Å². The molecule has 0 aromatic heterocycles. The van der Waals surface area contributed by atoms with Crippen molar-refractivity contribution in [3.05, 3.63) is 98.6 Å². The van der Waals surface area contributed by atoms with Crippen molar-refractivity contribution >= 4 is 39.1 Å². The molecule has 0 atom stereocenters. The quantitative estimate of drug-likeness (QED) is 0.259. The number of aryl methyl sites for hydroxylation is 1. The van der Waals surface area contributed by atoms with Gasteiger partial charge in [-0.05, 0) is 87.7 Å². The normalized spacial score (nSPS) is 10.8. The summed E-state index contributed by atoms with van der Waals surface area (Å²) >= 11 is 2.33. The van der Waals surface area contributed by atoms with Crippen LogP contribution in [-0.4, -0.2) is 7.11 Å². The Balaban J connectivity index is 1.53. The molecular weight excluding hydrogens is 497 g/mol. The van der Waals surface area contributed by atoms with Crippen LogP contribution >= 0.6 is 22.6 Å². The zero-order valence-electron chi connectivity index (χ0n) is 18.0. The van der Waals surface area contributed by atoms with Gasteiger partial charge >= 0.3 is 0 Å². The van der Waals surface area contributed by atoms with Crippen molar-refractivity contribution in [2.24, 2.45) is 0 Å². The molecule has 0 bridgehead atoms. The van der Waals surface area contributed by atoms with Crippen LogP contribution in [0.5, 0.6) is 11.5 Å². The van der Waals surface area contributed by atoms with Crippen LogP contribution in [0.15, 0.2) is 72.8 Å². The summed E-state index contributed by atoms with van der Waals surface area (Å²) in [6, 6.07) is 25.2. The van der Waals surface area contributed by atoms with Gasteiger partial charge in [0, 0.05) is 12.2 Å². The number of nitrogens with one attached hydrogen (secondary N) is 1. The van der Waals surface area contributed by atoms with Crippen LogP contribution in [-0.2, 0) is 13.2 Å². The van der Waals surface area contributed by atoms with E-state index in [1.807, 2.05) is 0 Å². The average molecular weight is 523 g/mol. The van der Waals surface area contributed by atoms with E-state index in [1.54, 1.807) is 7.11 Å². The lowest BCUT2D eigenvalue weighted by Crippen LogP contribution is -2.05. The highest BCUT2D eigenvalue weighted by Gasteiger charge is 2.13. The van der Waals surface area contributed by atoms with Crippen molar-refractivity contribution in [2.75, 3.05) is 12.4 Å². The van der Waals surface area contributed by atoms with Crippen molar-refractivity contribution in [3.8, 4) is 11.5 Å². The van der Waals surface area contributed by atoms with E-state index < -0.39 is 0 Å². The van der Waals surface area contributed by atoms with Gasteiger partial charge in [-0.2, -0.15) is 0 Å². The Morgan fingerprint density at radius 1 is 0.903 bits per heavy atom. The summed E-state index contributed by atoms with van der Waals surface area (Å²) in [4.78, 5) is 0. The zero-order chi connectivity index (χ0) is 21.8. The van der Waals surface area contributed by atoms with E-state index in [0.29, 0.717) is 6.61 Å². The van der Waals surface area contributed by atoms with Gasteiger partial charge in [0.15, 0.2) is 11.5 Å². The number of benzene rings is 4. The largest absolute Gasteiger partial charge is 0.493 e. The van der Waals surface area contributed by atoms with Crippen molar-refractivity contribution in [2.45, 2.75) is 27.0 Å². The van der Waals surface area contributed by atoms with Gasteiger partial charge in [-0.1, -0.05) is 54.6 Å². The average Bonchev–Trinajstić information content (AvgIpc) is 2.79. The van der Waals surface area contributed by atoms with Crippen LogP contribution in [0.3, 0.4) is 0 Å². The molecule has 0 fully saturated rings. The van der Waals surface area contributed by atoms with Crippen LogP contribution in [0.4, 0.5) is 5.69 Å². The van der Waals surface area contributed by atoms with Gasteiger partial charge in [-0.15, -0.1) is 0 Å². The molecule has 31 heavy (non-hydrogen) atoms. The minimum absolute atomic E-state index is 0.494. The molecule has 0 saturated carbocycles. The van der Waals surface area contributed by atoms with Crippen LogP contribution in [0, 0.1) is 17.4 Å². The fourth-order valence-electron chi connectivity index (χ4n) is 3.72. The standard InChI is InChI=1S/C27H26INO2/c1-18-8-6-13-25(19(18)2)29-16-20-14-24(28)27(26(15-20)30-3)31-17-22-11-7-10-21-9-4-5-12-23(21)22/h4-15,29H,16-17H2,1-3H3. The van der Waals surface area contributed by atoms with Crippen LogP contribution in [0.25, 0.3) is 10.8 Å². The first-order valence-corrected chi connectivity index (χ1v) is 11.4. The molecule has 0 spiro atoms. The number of ether oxygens (including phenoxy) is 2. The topological polar surface area (TPSA) is 30.5 Å². The lowest BCUT2D eigenvalue weighted by molar-refractivity contribution is 0.283. The molecule has 4 heteroatoms. The number of hydrogen-bond acceptors (Lipinski definition) is 3. The first kappa shape index (κ1) is 21.5. The van der Waals surface area contributed by atoms with E-state index in [1.165, 1.54) is 21.9 Å². The van der Waals surface area contributed by atoms with Gasteiger partial charge in [-0.3, -0.25) is 0 Å². The van der Waals surface area contributed by atoms with E-state index in [-0.39, 0.29) is 0 Å². The van der Waals surface area contributed by atoms with Crippen LogP contribution in [0.1, 0.15) is 22.3 Å². The molecule has 0 heterocycles. The Morgan fingerprint density at radius 3 is 2.52 bits per heavy atom. The first-order chi connectivity index (χ1) is 15.1. The molecule has 0 saturated heterocycles. The second-order valence-electron chi connectivity index (χ2n) is 7.64. The lowest BCUT2D eigenvalue weighted by atomic mass is 10.1. The molecule has 1 N–H and O–H groups in total. The Hall–Kier alpha value is -2.73. The summed E-state index contributed by atoms with van der Waals surface area (Å²) < 4.78 is 13.0. The fraction of sp³-hybridized carbons (Fsp3) is 0.185. The second-order valence-corrected chi connectivity index (χ2v) is 8.80. The number of fused-ring (bicyclic) bond motifs is 1. The van der Waals surface area contributed by atoms with Gasteiger partial charge in [-0.25, -0.2) is 0 Å². The molecule has 4 rings (SSSR count). The van der Waals surface area contributed by atoms with Crippen LogP contribution < -0.4 is 14.8 Å². The van der Waals surface area contributed by atoms with E-state index in [0.717, 1.165) is 38.4 Å². The maximum absolute atomic E-state index is 6.25. The van der Waals surface area contributed by atoms with E-state index >= 15 is 0 Å². The highest BCUT2D eigenvalue weighted by Crippen LogP contribution is 2.35. The molecule has 4 aromatic carbocycles. The van der Waals surface area contributed by atoms with E-state index in [2.05, 4.69) is 115 Å². The first-order valence-electron chi connectivity index (χ1n) is 10.3. The van der Waals surface area contributed by atoms with Crippen LogP contribution in [0.2, 0.25) is 0 Å². The minimum Gasteiger partial charge on any atom is -0.493 e. The van der Waals surface area contributed by atoms with Gasteiger partial charge < -0.3 is 14.8 Å². The number of anilines is 1. The number of rotatable bonds is 7. The third-order valence-corrected chi connectivity index (χ3v) is 6.43. The summed E-state index contributed by atoms with van der Waals surface area (Å²) in [5, 5.41) is 5.98. The van der Waals surface area contributed by atoms with Gasteiger partial charge in [0.1, 0.15) is 6.61 Å². The summed E-state index contributed by atoms with van der Waals surface area (Å²) in [6.07, 6.45) is 0. The van der Waals surface area contributed by atoms with Crippen molar-refractivity contribution < 1.29 is 9.47 Å². The summed E-state index contributed by atoms with van der Waals surface area (Å²) in [5.74, 6) is 1.54. The third kappa shape index (κ3) is 4.79. The van der Waals surface area contributed by atoms with Crippen molar-refractivity contribution in [3.63, 3.8) is 0 Å². The molecule has 3 nitrogen and oxygen atoms in total. The Labute approximate surface area is 197 Å². The fourth-order valence-corrected chi connectivity index (χ4v) is 4.55. The highest BCUT2D eigenvalue weighted by atomic mass is 127. The predicted octanol–water partition coefficient (Wildman–Crippen LogP) is 7.26. The number of halogens is 1. The molecule has 0 aliphatic rings. The molecule has 0 aliphatic carbocycles. The highest BCUT2D eigenvalue weighted by molar-refractivity contribution is 14.1. The Bertz CT molecular complexity index is 1210. The van der Waals surface area contributed by atoms with E-state index in [9.17, 15) is 0 Å². The molecule has 0 aliphatic heterocycles. The molecule has 0 amide bonds. The van der Waals surface area contributed by atoms with Gasteiger partial charge in [0.05, 0.1) is 10.7 Å². The van der Waals surface area contributed by atoms with E-state index in [4.69, 9.17) is 9.47 Å².